The van der Waals surface area contributed by atoms with Gasteiger partial charge in [-0.25, -0.2) is 0 Å². The van der Waals surface area contributed by atoms with Crippen LogP contribution in [-0.4, -0.2) is 11.8 Å². The first-order valence-electron chi connectivity index (χ1n) is 6.20. The highest BCUT2D eigenvalue weighted by Crippen LogP contribution is 2.37. The third-order valence-electron chi connectivity index (χ3n) is 3.36. The van der Waals surface area contributed by atoms with Crippen LogP contribution in [0.2, 0.25) is 0 Å². The van der Waals surface area contributed by atoms with Crippen molar-refractivity contribution in [3.05, 3.63) is 22.4 Å². The maximum atomic E-state index is 11.7. The second-order valence-electron chi connectivity index (χ2n) is 4.54. The molecule has 1 aromatic heterocycles. The maximum absolute atomic E-state index is 11.7. The lowest BCUT2D eigenvalue weighted by Crippen LogP contribution is -2.32. The topological polar surface area (TPSA) is 29.1 Å². The van der Waals surface area contributed by atoms with E-state index in [2.05, 4.69) is 22.8 Å². The van der Waals surface area contributed by atoms with E-state index in [1.165, 1.54) is 30.6 Å². The average Bonchev–Trinajstić information content (AvgIpc) is 3.00. The van der Waals surface area contributed by atoms with Gasteiger partial charge in [-0.1, -0.05) is 18.9 Å². The van der Waals surface area contributed by atoms with Gasteiger partial charge in [0, 0.05) is 17.2 Å². The van der Waals surface area contributed by atoms with Crippen molar-refractivity contribution in [2.24, 2.45) is 5.92 Å². The lowest BCUT2D eigenvalue weighted by Gasteiger charge is -2.23. The summed E-state index contributed by atoms with van der Waals surface area (Å²) in [5.74, 6) is 1.08. The minimum absolute atomic E-state index is 0.0744. The van der Waals surface area contributed by atoms with Crippen molar-refractivity contribution < 1.29 is 4.79 Å². The summed E-state index contributed by atoms with van der Waals surface area (Å²) in [4.78, 5) is 13.0. The molecule has 0 aromatic carbocycles. The highest BCUT2D eigenvalue weighted by Gasteiger charge is 2.28. The molecule has 0 aliphatic heterocycles. The van der Waals surface area contributed by atoms with E-state index in [1.54, 1.807) is 11.3 Å². The third-order valence-corrected chi connectivity index (χ3v) is 4.50. The summed E-state index contributed by atoms with van der Waals surface area (Å²) < 4.78 is 0. The fourth-order valence-corrected chi connectivity index (χ4v) is 3.55. The molecule has 94 valence electrons. The first-order chi connectivity index (χ1) is 8.31. The Hall–Kier alpha value is -0.540. The number of hydrogen-bond donors (Lipinski definition) is 1. The second-order valence-corrected chi connectivity index (χ2v) is 5.90. The summed E-state index contributed by atoms with van der Waals surface area (Å²) in [7, 11) is 0. The molecule has 0 saturated heterocycles. The van der Waals surface area contributed by atoms with Crippen molar-refractivity contribution in [2.75, 3.05) is 5.88 Å². The number of alkyl halides is 1. The Balaban J connectivity index is 2.04. The van der Waals surface area contributed by atoms with Gasteiger partial charge in [-0.3, -0.25) is 4.79 Å². The largest absolute Gasteiger partial charge is 0.348 e. The zero-order chi connectivity index (χ0) is 12.1. The molecule has 1 atom stereocenters. The van der Waals surface area contributed by atoms with Crippen molar-refractivity contribution >= 4 is 28.8 Å². The molecular weight excluding hydrogens is 254 g/mol. The summed E-state index contributed by atoms with van der Waals surface area (Å²) >= 11 is 7.34. The maximum Gasteiger partial charge on any atom is 0.221 e. The summed E-state index contributed by atoms with van der Waals surface area (Å²) in [6.07, 6.45) is 5.44. The summed E-state index contributed by atoms with van der Waals surface area (Å²) in [5, 5.41) is 5.22. The van der Waals surface area contributed by atoms with E-state index in [1.807, 2.05) is 0 Å². The first kappa shape index (κ1) is 12.9. The van der Waals surface area contributed by atoms with Crippen LogP contribution in [0.15, 0.2) is 17.5 Å². The molecule has 4 heteroatoms. The summed E-state index contributed by atoms with van der Waals surface area (Å²) in [6, 6.07) is 4.37. The molecule has 2 nitrogen and oxygen atoms in total. The summed E-state index contributed by atoms with van der Waals surface area (Å²) in [6.45, 7) is 0. The number of nitrogens with one attached hydrogen (secondary N) is 1. The minimum atomic E-state index is 0.0744. The van der Waals surface area contributed by atoms with E-state index >= 15 is 0 Å². The Morgan fingerprint density at radius 2 is 2.29 bits per heavy atom. The Bertz CT molecular complexity index is 346. The van der Waals surface area contributed by atoms with E-state index in [0.29, 0.717) is 18.2 Å². The minimum Gasteiger partial charge on any atom is -0.348 e. The van der Waals surface area contributed by atoms with Gasteiger partial charge in [0.2, 0.25) is 5.91 Å². The molecule has 17 heavy (non-hydrogen) atoms. The standard InChI is InChI=1S/C13H18ClNOS/c14-8-7-12(16)15-13(10-4-1-2-5-10)11-6-3-9-17-11/h3,6,9-10,13H,1-2,4-5,7-8H2,(H,15,16). The van der Waals surface area contributed by atoms with Crippen LogP contribution in [0.3, 0.4) is 0 Å². The first-order valence-corrected chi connectivity index (χ1v) is 7.61. The number of halogens is 1. The van der Waals surface area contributed by atoms with E-state index < -0.39 is 0 Å². The molecule has 1 fully saturated rings. The Kier molecular flexibility index (Phi) is 4.86. The van der Waals surface area contributed by atoms with Crippen LogP contribution in [-0.2, 0) is 4.79 Å². The number of hydrogen-bond acceptors (Lipinski definition) is 2. The van der Waals surface area contributed by atoms with Gasteiger partial charge in [0.15, 0.2) is 0 Å². The van der Waals surface area contributed by atoms with Crippen molar-refractivity contribution in [1.29, 1.82) is 0 Å². The van der Waals surface area contributed by atoms with Crippen LogP contribution in [0, 0.1) is 5.92 Å². The molecular formula is C13H18ClNOS. The van der Waals surface area contributed by atoms with Crippen LogP contribution >= 0.6 is 22.9 Å². The third kappa shape index (κ3) is 3.46. The zero-order valence-electron chi connectivity index (χ0n) is 9.82. The Morgan fingerprint density at radius 1 is 1.53 bits per heavy atom. The van der Waals surface area contributed by atoms with Gasteiger partial charge >= 0.3 is 0 Å². The van der Waals surface area contributed by atoms with Gasteiger partial charge in [0.05, 0.1) is 6.04 Å². The molecule has 1 unspecified atom stereocenters. The normalized spacial score (nSPS) is 18.2. The predicted octanol–water partition coefficient (Wildman–Crippen LogP) is 3.72. The molecule has 1 aliphatic rings. The van der Waals surface area contributed by atoms with Crippen molar-refractivity contribution in [3.63, 3.8) is 0 Å². The number of rotatable bonds is 5. The Morgan fingerprint density at radius 3 is 2.88 bits per heavy atom. The quantitative estimate of drug-likeness (QED) is 0.813. The number of carbonyl (C=O) groups excluding carboxylic acids is 1. The molecule has 0 spiro atoms. The highest BCUT2D eigenvalue weighted by molar-refractivity contribution is 7.10. The zero-order valence-corrected chi connectivity index (χ0v) is 11.4. The molecule has 0 bridgehead atoms. The Labute approximate surface area is 111 Å². The smallest absolute Gasteiger partial charge is 0.221 e. The fourth-order valence-electron chi connectivity index (χ4n) is 2.51. The number of thiophene rings is 1. The van der Waals surface area contributed by atoms with E-state index in [-0.39, 0.29) is 11.9 Å². The van der Waals surface area contributed by atoms with Gasteiger partial charge in [0.25, 0.3) is 0 Å². The van der Waals surface area contributed by atoms with Gasteiger partial charge in [-0.2, -0.15) is 0 Å². The SMILES string of the molecule is O=C(CCCl)NC(c1cccs1)C1CCCC1. The van der Waals surface area contributed by atoms with Crippen LogP contribution in [0.4, 0.5) is 0 Å². The van der Waals surface area contributed by atoms with Gasteiger partial charge < -0.3 is 5.32 Å². The molecule has 1 N–H and O–H groups in total. The summed E-state index contributed by atoms with van der Waals surface area (Å²) in [5.41, 5.74) is 0. The lowest BCUT2D eigenvalue weighted by molar-refractivity contribution is -0.121. The van der Waals surface area contributed by atoms with Gasteiger partial charge in [-0.05, 0) is 30.2 Å². The monoisotopic (exact) mass is 271 g/mol. The van der Waals surface area contributed by atoms with E-state index in [0.717, 1.165) is 0 Å². The number of amides is 1. The molecule has 1 aromatic rings. The molecule has 1 amide bonds. The molecule has 1 heterocycles. The van der Waals surface area contributed by atoms with E-state index in [4.69, 9.17) is 11.6 Å². The highest BCUT2D eigenvalue weighted by atomic mass is 35.5. The van der Waals surface area contributed by atoms with Crippen LogP contribution in [0.1, 0.15) is 43.0 Å². The molecule has 2 rings (SSSR count). The van der Waals surface area contributed by atoms with Crippen LogP contribution < -0.4 is 5.32 Å². The van der Waals surface area contributed by atoms with Crippen molar-refractivity contribution in [2.45, 2.75) is 38.1 Å². The number of carbonyl (C=O) groups is 1. The fraction of sp³-hybridized carbons (Fsp3) is 0.615. The molecule has 0 radical (unpaired) electrons. The van der Waals surface area contributed by atoms with E-state index in [9.17, 15) is 4.79 Å². The molecule has 1 saturated carbocycles. The van der Waals surface area contributed by atoms with Gasteiger partial charge in [0.1, 0.15) is 0 Å². The van der Waals surface area contributed by atoms with Crippen molar-refractivity contribution in [3.8, 4) is 0 Å². The molecule has 1 aliphatic carbocycles. The average molecular weight is 272 g/mol. The lowest BCUT2D eigenvalue weighted by atomic mass is 9.96. The van der Waals surface area contributed by atoms with Crippen LogP contribution in [0.25, 0.3) is 0 Å². The van der Waals surface area contributed by atoms with Crippen molar-refractivity contribution in [1.82, 2.24) is 5.32 Å². The predicted molar refractivity (Wildman–Crippen MR) is 72.5 cm³/mol. The second kappa shape index (κ2) is 6.41. The van der Waals surface area contributed by atoms with Gasteiger partial charge in [-0.15, -0.1) is 22.9 Å². The van der Waals surface area contributed by atoms with Crippen LogP contribution in [0.5, 0.6) is 0 Å².